The first-order valence-electron chi connectivity index (χ1n) is 7.41. The number of urea groups is 1. The molecule has 2 amide bonds. The summed E-state index contributed by atoms with van der Waals surface area (Å²) in [6.07, 6.45) is 0. The molecular weight excluding hydrogens is 280 g/mol. The van der Waals surface area contributed by atoms with Crippen LogP contribution in [0.1, 0.15) is 39.3 Å². The third kappa shape index (κ3) is 3.47. The van der Waals surface area contributed by atoms with Crippen molar-refractivity contribution in [3.63, 3.8) is 0 Å². The van der Waals surface area contributed by atoms with Crippen LogP contribution in [-0.4, -0.2) is 18.4 Å². The highest BCUT2D eigenvalue weighted by Gasteiger charge is 2.30. The zero-order chi connectivity index (χ0) is 16.3. The molecule has 1 heterocycles. The molecule has 1 aromatic rings. The van der Waals surface area contributed by atoms with Gasteiger partial charge in [-0.25, -0.2) is 4.79 Å². The number of rotatable bonds is 5. The summed E-state index contributed by atoms with van der Waals surface area (Å²) < 4.78 is 5.84. The fourth-order valence-electron chi connectivity index (χ4n) is 2.50. The van der Waals surface area contributed by atoms with Gasteiger partial charge in [-0.3, -0.25) is 4.79 Å². The number of carbonyl (C=O) groups excluding carboxylic acids is 2. The molecule has 0 aliphatic carbocycles. The highest BCUT2D eigenvalue weighted by atomic mass is 16.5. The Balaban J connectivity index is 2.43. The minimum atomic E-state index is -0.491. The van der Waals surface area contributed by atoms with Crippen LogP contribution in [0, 0.1) is 5.92 Å². The normalized spacial score (nSPS) is 18.0. The lowest BCUT2D eigenvalue weighted by Gasteiger charge is -2.29. The molecule has 0 saturated heterocycles. The van der Waals surface area contributed by atoms with Crippen molar-refractivity contribution in [1.29, 1.82) is 0 Å². The highest BCUT2D eigenvalue weighted by molar-refractivity contribution is 5.98. The van der Waals surface area contributed by atoms with Crippen LogP contribution in [0.5, 0.6) is 5.75 Å². The molecule has 1 atom stereocenters. The van der Waals surface area contributed by atoms with Crippen LogP contribution in [0.25, 0.3) is 0 Å². The minimum Gasteiger partial charge on any atom is -0.493 e. The van der Waals surface area contributed by atoms with Gasteiger partial charge in [0.1, 0.15) is 5.75 Å². The lowest BCUT2D eigenvalue weighted by Crippen LogP contribution is -2.44. The molecule has 0 fully saturated rings. The molecule has 0 bridgehead atoms. The molecule has 0 aromatic heterocycles. The van der Waals surface area contributed by atoms with E-state index >= 15 is 0 Å². The van der Waals surface area contributed by atoms with Crippen molar-refractivity contribution in [1.82, 2.24) is 10.6 Å². The fourth-order valence-corrected chi connectivity index (χ4v) is 2.50. The van der Waals surface area contributed by atoms with E-state index in [-0.39, 0.29) is 11.8 Å². The number of Topliss-reactive ketones (excluding diaryl/α,β-unsaturated/α-hetero) is 1. The quantitative estimate of drug-likeness (QED) is 0.878. The molecule has 1 aromatic carbocycles. The van der Waals surface area contributed by atoms with E-state index in [0.29, 0.717) is 29.5 Å². The van der Waals surface area contributed by atoms with Crippen LogP contribution in [0.15, 0.2) is 35.5 Å². The summed E-state index contributed by atoms with van der Waals surface area (Å²) in [5, 5.41) is 5.46. The molecule has 1 aliphatic rings. The van der Waals surface area contributed by atoms with E-state index in [2.05, 4.69) is 24.5 Å². The molecule has 118 valence electrons. The van der Waals surface area contributed by atoms with E-state index in [1.165, 1.54) is 6.92 Å². The van der Waals surface area contributed by atoms with Gasteiger partial charge in [0.15, 0.2) is 5.78 Å². The monoisotopic (exact) mass is 302 g/mol. The summed E-state index contributed by atoms with van der Waals surface area (Å²) in [6.45, 7) is 7.95. The summed E-state index contributed by atoms with van der Waals surface area (Å²) in [5.41, 5.74) is 1.93. The van der Waals surface area contributed by atoms with Gasteiger partial charge >= 0.3 is 6.03 Å². The van der Waals surface area contributed by atoms with Gasteiger partial charge in [-0.05, 0) is 25.8 Å². The molecular formula is C17H22N2O3. The third-order valence-corrected chi connectivity index (χ3v) is 3.45. The van der Waals surface area contributed by atoms with Crippen molar-refractivity contribution in [3.05, 3.63) is 41.1 Å². The van der Waals surface area contributed by atoms with E-state index in [0.717, 1.165) is 5.56 Å². The van der Waals surface area contributed by atoms with Crippen LogP contribution in [0.3, 0.4) is 0 Å². The van der Waals surface area contributed by atoms with E-state index in [4.69, 9.17) is 4.74 Å². The number of hydrogen-bond acceptors (Lipinski definition) is 3. The Morgan fingerprint density at radius 1 is 1.32 bits per heavy atom. The topological polar surface area (TPSA) is 67.4 Å². The molecule has 2 N–H and O–H groups in total. The number of allylic oxidation sites excluding steroid dienone is 1. The third-order valence-electron chi connectivity index (χ3n) is 3.45. The Morgan fingerprint density at radius 2 is 2.00 bits per heavy atom. The summed E-state index contributed by atoms with van der Waals surface area (Å²) >= 11 is 0. The molecule has 0 radical (unpaired) electrons. The van der Waals surface area contributed by atoms with Crippen molar-refractivity contribution in [2.45, 2.75) is 33.7 Å². The van der Waals surface area contributed by atoms with Crippen LogP contribution in [0.4, 0.5) is 4.79 Å². The standard InChI is InChI=1S/C17H22N2O3/c1-10(2)9-22-14-8-6-5-7-13(14)16-15(12(4)20)11(3)18-17(21)19-16/h5-8,10,16H,9H2,1-4H3,(H2,18,19,21)/t16-/m1/s1. The number of hydrogen-bond donors (Lipinski definition) is 2. The van der Waals surface area contributed by atoms with Gasteiger partial charge < -0.3 is 15.4 Å². The van der Waals surface area contributed by atoms with E-state index < -0.39 is 6.04 Å². The number of benzene rings is 1. The second kappa shape index (κ2) is 6.64. The average molecular weight is 302 g/mol. The van der Waals surface area contributed by atoms with Crippen molar-refractivity contribution in [2.75, 3.05) is 6.61 Å². The average Bonchev–Trinajstić information content (AvgIpc) is 2.44. The van der Waals surface area contributed by atoms with Gasteiger partial charge in [0, 0.05) is 16.8 Å². The van der Waals surface area contributed by atoms with Gasteiger partial charge in [-0.2, -0.15) is 0 Å². The van der Waals surface area contributed by atoms with E-state index in [1.54, 1.807) is 6.92 Å². The van der Waals surface area contributed by atoms with E-state index in [1.807, 2.05) is 24.3 Å². The summed E-state index contributed by atoms with van der Waals surface area (Å²) in [4.78, 5) is 23.8. The van der Waals surface area contributed by atoms with Crippen LogP contribution >= 0.6 is 0 Å². The van der Waals surface area contributed by atoms with Gasteiger partial charge in [0.05, 0.1) is 12.6 Å². The SMILES string of the molecule is CC(=O)C1=C(C)NC(=O)N[C@@H]1c1ccccc1OCC(C)C. The lowest BCUT2D eigenvalue weighted by atomic mass is 9.92. The first kappa shape index (κ1) is 16.1. The number of ketones is 1. The Labute approximate surface area is 130 Å². The molecule has 0 spiro atoms. The van der Waals surface area contributed by atoms with Crippen molar-refractivity contribution >= 4 is 11.8 Å². The molecule has 0 unspecified atom stereocenters. The lowest BCUT2D eigenvalue weighted by molar-refractivity contribution is -0.114. The van der Waals surface area contributed by atoms with Gasteiger partial charge in [0.25, 0.3) is 0 Å². The molecule has 1 aliphatic heterocycles. The van der Waals surface area contributed by atoms with Crippen molar-refractivity contribution < 1.29 is 14.3 Å². The largest absolute Gasteiger partial charge is 0.493 e. The second-order valence-corrected chi connectivity index (χ2v) is 5.87. The second-order valence-electron chi connectivity index (χ2n) is 5.87. The van der Waals surface area contributed by atoms with Crippen LogP contribution in [-0.2, 0) is 4.79 Å². The number of carbonyl (C=O) groups is 2. The number of ether oxygens (including phenoxy) is 1. The molecule has 0 saturated carbocycles. The Morgan fingerprint density at radius 3 is 2.64 bits per heavy atom. The predicted molar refractivity (Wildman–Crippen MR) is 84.6 cm³/mol. The first-order valence-corrected chi connectivity index (χ1v) is 7.41. The van der Waals surface area contributed by atoms with Gasteiger partial charge in [-0.1, -0.05) is 32.0 Å². The maximum Gasteiger partial charge on any atom is 0.319 e. The smallest absolute Gasteiger partial charge is 0.319 e. The molecule has 5 nitrogen and oxygen atoms in total. The zero-order valence-corrected chi connectivity index (χ0v) is 13.4. The Bertz CT molecular complexity index is 620. The number of amides is 2. The van der Waals surface area contributed by atoms with E-state index in [9.17, 15) is 9.59 Å². The van der Waals surface area contributed by atoms with Crippen LogP contribution in [0.2, 0.25) is 0 Å². The first-order chi connectivity index (χ1) is 10.4. The Kier molecular flexibility index (Phi) is 4.85. The maximum absolute atomic E-state index is 12.0. The molecule has 22 heavy (non-hydrogen) atoms. The summed E-state index contributed by atoms with van der Waals surface area (Å²) in [7, 11) is 0. The number of nitrogens with one attached hydrogen (secondary N) is 2. The summed E-state index contributed by atoms with van der Waals surface area (Å²) in [5.74, 6) is 1.00. The zero-order valence-electron chi connectivity index (χ0n) is 13.4. The van der Waals surface area contributed by atoms with Gasteiger partial charge in [0.2, 0.25) is 0 Å². The van der Waals surface area contributed by atoms with Gasteiger partial charge in [-0.15, -0.1) is 0 Å². The van der Waals surface area contributed by atoms with Crippen molar-refractivity contribution in [2.24, 2.45) is 5.92 Å². The molecule has 2 rings (SSSR count). The summed E-state index contributed by atoms with van der Waals surface area (Å²) in [6, 6.07) is 6.69. The fraction of sp³-hybridized carbons (Fsp3) is 0.412. The predicted octanol–water partition coefficient (Wildman–Crippen LogP) is 2.94. The minimum absolute atomic E-state index is 0.0753. The Hall–Kier alpha value is -2.30. The van der Waals surface area contributed by atoms with Crippen LogP contribution < -0.4 is 15.4 Å². The highest BCUT2D eigenvalue weighted by Crippen LogP contribution is 2.33. The number of para-hydroxylation sites is 1. The van der Waals surface area contributed by atoms with Crippen molar-refractivity contribution in [3.8, 4) is 5.75 Å². The maximum atomic E-state index is 12.0. The molecule has 5 heteroatoms.